The summed E-state index contributed by atoms with van der Waals surface area (Å²) in [6.45, 7) is 3.28. The molecule has 1 unspecified atom stereocenters. The number of aromatic nitrogens is 3. The Morgan fingerprint density at radius 1 is 1.41 bits per heavy atom. The number of hydrogen-bond acceptors (Lipinski definition) is 3. The van der Waals surface area contributed by atoms with Crippen molar-refractivity contribution in [2.24, 2.45) is 0 Å². The second kappa shape index (κ2) is 6.11. The lowest BCUT2D eigenvalue weighted by Crippen LogP contribution is -2.31. The van der Waals surface area contributed by atoms with Crippen molar-refractivity contribution in [3.05, 3.63) is 64.7 Å². The van der Waals surface area contributed by atoms with Crippen LogP contribution in [0.15, 0.2) is 47.8 Å². The van der Waals surface area contributed by atoms with Gasteiger partial charge in [-0.1, -0.05) is 0 Å². The Morgan fingerprint density at radius 3 is 3.05 bits per heavy atom. The summed E-state index contributed by atoms with van der Waals surface area (Å²) in [6, 6.07) is 6.37. The van der Waals surface area contributed by atoms with Crippen molar-refractivity contribution in [3.8, 4) is 0 Å². The summed E-state index contributed by atoms with van der Waals surface area (Å²) in [6.07, 6.45) is 5.39. The molecule has 0 aliphatic carbocycles. The molecule has 5 nitrogen and oxygen atoms in total. The van der Waals surface area contributed by atoms with E-state index < -0.39 is 0 Å². The largest absolute Gasteiger partial charge is 0.336 e. The van der Waals surface area contributed by atoms with Crippen LogP contribution in [0.25, 0.3) is 10.9 Å². The molecule has 0 spiro atoms. The molecule has 0 amide bonds. The number of rotatable bonds is 5. The predicted molar refractivity (Wildman–Crippen MR) is 83.1 cm³/mol. The average molecular weight is 300 g/mol. The first-order chi connectivity index (χ1) is 10.6. The first kappa shape index (κ1) is 14.5. The van der Waals surface area contributed by atoms with E-state index in [0.29, 0.717) is 17.6 Å². The number of aromatic amines is 1. The maximum absolute atomic E-state index is 13.2. The van der Waals surface area contributed by atoms with Gasteiger partial charge in [-0.25, -0.2) is 9.37 Å². The van der Waals surface area contributed by atoms with Crippen LogP contribution in [0.4, 0.5) is 4.39 Å². The molecule has 2 N–H and O–H groups in total. The van der Waals surface area contributed by atoms with Crippen LogP contribution in [-0.2, 0) is 13.1 Å². The van der Waals surface area contributed by atoms with Crippen LogP contribution in [0.3, 0.4) is 0 Å². The van der Waals surface area contributed by atoms with Crippen LogP contribution < -0.4 is 10.9 Å². The molecule has 0 fully saturated rings. The van der Waals surface area contributed by atoms with E-state index in [1.54, 1.807) is 24.7 Å². The van der Waals surface area contributed by atoms with Gasteiger partial charge in [0.05, 0.1) is 11.8 Å². The van der Waals surface area contributed by atoms with Crippen LogP contribution >= 0.6 is 0 Å². The molecule has 0 bridgehead atoms. The molecule has 6 heteroatoms. The van der Waals surface area contributed by atoms with E-state index in [9.17, 15) is 9.18 Å². The third kappa shape index (κ3) is 3.23. The van der Waals surface area contributed by atoms with Gasteiger partial charge in [0, 0.05) is 37.1 Å². The van der Waals surface area contributed by atoms with Gasteiger partial charge in [-0.2, -0.15) is 0 Å². The van der Waals surface area contributed by atoms with Crippen LogP contribution in [-0.4, -0.2) is 20.6 Å². The average Bonchev–Trinajstić information content (AvgIpc) is 2.98. The zero-order valence-corrected chi connectivity index (χ0v) is 12.2. The molecular formula is C16H17FN4O. The van der Waals surface area contributed by atoms with E-state index in [4.69, 9.17) is 0 Å². The first-order valence-electron chi connectivity index (χ1n) is 7.12. The summed E-state index contributed by atoms with van der Waals surface area (Å²) in [5.41, 5.74) is 0.956. The van der Waals surface area contributed by atoms with Crippen molar-refractivity contribution in [3.63, 3.8) is 0 Å². The number of H-pyrrole nitrogens is 1. The highest BCUT2D eigenvalue weighted by molar-refractivity contribution is 5.78. The van der Waals surface area contributed by atoms with E-state index in [1.165, 1.54) is 12.1 Å². The van der Waals surface area contributed by atoms with Gasteiger partial charge in [0.2, 0.25) is 0 Å². The Bertz CT molecular complexity index is 826. The second-order valence-electron chi connectivity index (χ2n) is 5.40. The Kier molecular flexibility index (Phi) is 4.02. The SMILES string of the molecule is CC(Cn1ccnc1)NCc1cc2ccc(F)cc2[nH]c1=O. The minimum atomic E-state index is -0.358. The van der Waals surface area contributed by atoms with E-state index in [1.807, 2.05) is 17.7 Å². The van der Waals surface area contributed by atoms with Gasteiger partial charge in [0.15, 0.2) is 0 Å². The Labute approximate surface area is 126 Å². The highest BCUT2D eigenvalue weighted by Gasteiger charge is 2.07. The lowest BCUT2D eigenvalue weighted by atomic mass is 10.1. The zero-order chi connectivity index (χ0) is 15.5. The van der Waals surface area contributed by atoms with Crippen molar-refractivity contribution in [1.82, 2.24) is 19.9 Å². The number of hydrogen-bond donors (Lipinski definition) is 2. The zero-order valence-electron chi connectivity index (χ0n) is 12.2. The molecule has 2 aromatic heterocycles. The van der Waals surface area contributed by atoms with Crippen molar-refractivity contribution in [1.29, 1.82) is 0 Å². The topological polar surface area (TPSA) is 62.7 Å². The van der Waals surface area contributed by atoms with Gasteiger partial charge in [-0.3, -0.25) is 4.79 Å². The monoisotopic (exact) mass is 300 g/mol. The number of imidazole rings is 1. The minimum absolute atomic E-state index is 0.192. The highest BCUT2D eigenvalue weighted by atomic mass is 19.1. The molecular weight excluding hydrogens is 283 g/mol. The van der Waals surface area contributed by atoms with Crippen LogP contribution in [0.2, 0.25) is 0 Å². The molecule has 0 aliphatic rings. The molecule has 2 heterocycles. The lowest BCUT2D eigenvalue weighted by molar-refractivity contribution is 0.475. The normalized spacial score (nSPS) is 12.6. The fraction of sp³-hybridized carbons (Fsp3) is 0.250. The molecule has 1 aromatic carbocycles. The summed E-state index contributed by atoms with van der Waals surface area (Å²) < 4.78 is 15.1. The number of pyridine rings is 1. The minimum Gasteiger partial charge on any atom is -0.336 e. The summed E-state index contributed by atoms with van der Waals surface area (Å²) in [7, 11) is 0. The summed E-state index contributed by atoms with van der Waals surface area (Å²) >= 11 is 0. The van der Waals surface area contributed by atoms with Gasteiger partial charge in [0.1, 0.15) is 5.82 Å². The molecule has 3 rings (SSSR count). The molecule has 1 atom stereocenters. The van der Waals surface area contributed by atoms with E-state index >= 15 is 0 Å². The smallest absolute Gasteiger partial charge is 0.252 e. The molecule has 22 heavy (non-hydrogen) atoms. The highest BCUT2D eigenvalue weighted by Crippen LogP contribution is 2.12. The van der Waals surface area contributed by atoms with E-state index in [-0.39, 0.29) is 17.4 Å². The first-order valence-corrected chi connectivity index (χ1v) is 7.12. The Balaban J connectivity index is 1.72. The fourth-order valence-corrected chi connectivity index (χ4v) is 2.41. The number of nitrogens with zero attached hydrogens (tertiary/aromatic N) is 2. The van der Waals surface area contributed by atoms with Gasteiger partial charge >= 0.3 is 0 Å². The van der Waals surface area contributed by atoms with Crippen LogP contribution in [0, 0.1) is 5.82 Å². The van der Waals surface area contributed by atoms with Gasteiger partial charge in [-0.05, 0) is 36.6 Å². The van der Waals surface area contributed by atoms with E-state index in [2.05, 4.69) is 15.3 Å². The van der Waals surface area contributed by atoms with Crippen molar-refractivity contribution < 1.29 is 4.39 Å². The standard InChI is InChI=1S/C16H17FN4O/c1-11(9-21-5-4-18-10-21)19-8-13-6-12-2-3-14(17)7-15(12)20-16(13)22/h2-7,10-11,19H,8-9H2,1H3,(H,20,22). The molecule has 0 saturated heterocycles. The Morgan fingerprint density at radius 2 is 2.27 bits per heavy atom. The fourth-order valence-electron chi connectivity index (χ4n) is 2.41. The summed E-state index contributed by atoms with van der Waals surface area (Å²) in [5, 5.41) is 4.13. The third-order valence-corrected chi connectivity index (χ3v) is 3.57. The number of nitrogens with one attached hydrogen (secondary N) is 2. The molecule has 0 radical (unpaired) electrons. The van der Waals surface area contributed by atoms with Gasteiger partial charge in [0.25, 0.3) is 5.56 Å². The van der Waals surface area contributed by atoms with E-state index in [0.717, 1.165) is 11.9 Å². The molecule has 0 saturated carbocycles. The van der Waals surface area contributed by atoms with Crippen LogP contribution in [0.5, 0.6) is 0 Å². The predicted octanol–water partition coefficient (Wildman–Crippen LogP) is 2.04. The molecule has 0 aliphatic heterocycles. The lowest BCUT2D eigenvalue weighted by Gasteiger charge is -2.14. The summed E-state index contributed by atoms with van der Waals surface area (Å²) in [4.78, 5) is 18.8. The molecule has 3 aromatic rings. The summed E-state index contributed by atoms with van der Waals surface area (Å²) in [5.74, 6) is -0.358. The maximum atomic E-state index is 13.2. The molecule has 114 valence electrons. The van der Waals surface area contributed by atoms with Crippen molar-refractivity contribution >= 4 is 10.9 Å². The number of halogens is 1. The van der Waals surface area contributed by atoms with Crippen molar-refractivity contribution in [2.75, 3.05) is 0 Å². The second-order valence-corrected chi connectivity index (χ2v) is 5.40. The third-order valence-electron chi connectivity index (χ3n) is 3.57. The Hall–Kier alpha value is -2.47. The maximum Gasteiger partial charge on any atom is 0.252 e. The number of benzene rings is 1. The number of fused-ring (bicyclic) bond motifs is 1. The van der Waals surface area contributed by atoms with Gasteiger partial charge < -0.3 is 14.9 Å². The quantitative estimate of drug-likeness (QED) is 0.758. The van der Waals surface area contributed by atoms with Crippen LogP contribution in [0.1, 0.15) is 12.5 Å². The van der Waals surface area contributed by atoms with Gasteiger partial charge in [-0.15, -0.1) is 0 Å². The van der Waals surface area contributed by atoms with Crippen molar-refractivity contribution in [2.45, 2.75) is 26.1 Å².